The SMILES string of the molecule is C=CCOC(=O)N[C@@H](CCCCNC(=O)OC(C)(C)C)CNc1ccc(COC(=O)Nc2cc(OCCCCCC(=O)N3C[C@@H](CCl)c4c3cc(OC(=O)N3CCN(C)CC3)c3ccccc43)c(OC)cc2C(=O)N2CCC[C@H]2CO)cc1. The van der Waals surface area contributed by atoms with Crippen LogP contribution in [0.25, 0.3) is 10.8 Å². The Kier molecular flexibility index (Phi) is 23.3. The number of carbonyl (C=O) groups excluding carboxylic acids is 6. The summed E-state index contributed by atoms with van der Waals surface area (Å²) in [5.74, 6) is 0.683. The van der Waals surface area contributed by atoms with Crippen LogP contribution in [0, 0.1) is 0 Å². The first-order valence-electron chi connectivity index (χ1n) is 28.6. The van der Waals surface area contributed by atoms with Gasteiger partial charge in [0.2, 0.25) is 5.91 Å². The van der Waals surface area contributed by atoms with Gasteiger partial charge in [-0.25, -0.2) is 19.2 Å². The number of likely N-dealkylation sites (tertiary alicyclic amines) is 1. The number of hydrogen-bond donors (Lipinski definition) is 5. The number of alkyl carbamates (subject to hydrolysis) is 2. The number of fused-ring (bicyclic) bond motifs is 3. The molecule has 4 aromatic rings. The molecular formula is C61H81ClN8O13. The van der Waals surface area contributed by atoms with E-state index in [-0.39, 0.29) is 79.5 Å². The van der Waals surface area contributed by atoms with Gasteiger partial charge in [0.05, 0.1) is 43.3 Å². The molecule has 6 amide bonds. The predicted molar refractivity (Wildman–Crippen MR) is 318 cm³/mol. The van der Waals surface area contributed by atoms with Gasteiger partial charge >= 0.3 is 24.4 Å². The van der Waals surface area contributed by atoms with Crippen LogP contribution in [0.1, 0.15) is 106 Å². The van der Waals surface area contributed by atoms with Crippen LogP contribution in [0.3, 0.4) is 0 Å². The van der Waals surface area contributed by atoms with E-state index in [0.717, 1.165) is 35.1 Å². The van der Waals surface area contributed by atoms with Crippen molar-refractivity contribution in [1.82, 2.24) is 25.3 Å². The molecule has 0 spiro atoms. The molecule has 4 aromatic carbocycles. The number of methoxy groups -OCH3 is 1. The maximum absolute atomic E-state index is 14.1. The van der Waals surface area contributed by atoms with Crippen molar-refractivity contribution >= 4 is 75.6 Å². The minimum Gasteiger partial charge on any atom is -0.493 e. The third-order valence-electron chi connectivity index (χ3n) is 14.7. The number of alkyl halides is 1. The molecule has 2 saturated heterocycles. The zero-order valence-electron chi connectivity index (χ0n) is 48.4. The van der Waals surface area contributed by atoms with E-state index in [2.05, 4.69) is 32.7 Å². The molecule has 0 aliphatic carbocycles. The number of nitrogens with one attached hydrogen (secondary N) is 4. The van der Waals surface area contributed by atoms with Crippen molar-refractivity contribution in [2.75, 3.05) is 108 Å². The van der Waals surface area contributed by atoms with Crippen molar-refractivity contribution in [2.45, 2.75) is 109 Å². The van der Waals surface area contributed by atoms with Crippen LogP contribution in [-0.2, 0) is 25.6 Å². The molecule has 450 valence electrons. The minimum atomic E-state index is -0.824. The van der Waals surface area contributed by atoms with Gasteiger partial charge < -0.3 is 69.1 Å². The number of likely N-dealkylation sites (N-methyl/N-ethyl adjacent to an activating group) is 1. The lowest BCUT2D eigenvalue weighted by atomic mass is 9.95. The van der Waals surface area contributed by atoms with Gasteiger partial charge in [0.15, 0.2) is 11.5 Å². The fourth-order valence-electron chi connectivity index (χ4n) is 10.3. The number of nitrogens with zero attached hydrogens (tertiary/aromatic N) is 4. The van der Waals surface area contributed by atoms with Gasteiger partial charge in [-0.15, -0.1) is 11.6 Å². The van der Waals surface area contributed by atoms with Crippen molar-refractivity contribution in [1.29, 1.82) is 0 Å². The summed E-state index contributed by atoms with van der Waals surface area (Å²) in [5.41, 5.74) is 2.76. The number of anilines is 3. The van der Waals surface area contributed by atoms with Gasteiger partial charge in [-0.1, -0.05) is 49.1 Å². The minimum absolute atomic E-state index is 0.0645. The van der Waals surface area contributed by atoms with E-state index in [1.54, 1.807) is 53.7 Å². The van der Waals surface area contributed by atoms with E-state index >= 15 is 0 Å². The third-order valence-corrected chi connectivity index (χ3v) is 15.0. The summed E-state index contributed by atoms with van der Waals surface area (Å²) in [6.07, 6.45) is 4.52. The van der Waals surface area contributed by atoms with E-state index in [0.29, 0.717) is 114 Å². The summed E-state index contributed by atoms with van der Waals surface area (Å²) in [7, 11) is 3.48. The molecule has 7 rings (SSSR count). The number of hydrogen-bond acceptors (Lipinski definition) is 15. The Morgan fingerprint density at radius 2 is 1.61 bits per heavy atom. The van der Waals surface area contributed by atoms with Crippen LogP contribution < -0.4 is 40.4 Å². The smallest absolute Gasteiger partial charge is 0.415 e. The quantitative estimate of drug-likeness (QED) is 0.0170. The Bertz CT molecular complexity index is 2880. The summed E-state index contributed by atoms with van der Waals surface area (Å²) >= 11 is 6.55. The predicted octanol–water partition coefficient (Wildman–Crippen LogP) is 9.64. The summed E-state index contributed by atoms with van der Waals surface area (Å²) in [6, 6.07) is 19.1. The van der Waals surface area contributed by atoms with E-state index in [4.69, 9.17) is 40.0 Å². The van der Waals surface area contributed by atoms with Crippen molar-refractivity contribution < 1.29 is 62.3 Å². The lowest BCUT2D eigenvalue weighted by Crippen LogP contribution is -2.48. The number of benzene rings is 4. The number of aliphatic hydroxyl groups excluding tert-OH is 1. The third kappa shape index (κ3) is 18.0. The first-order chi connectivity index (χ1) is 40.0. The number of piperazine rings is 1. The maximum Gasteiger partial charge on any atom is 0.415 e. The number of rotatable bonds is 26. The van der Waals surface area contributed by atoms with Crippen molar-refractivity contribution in [2.24, 2.45) is 0 Å². The monoisotopic (exact) mass is 1170 g/mol. The molecule has 0 bridgehead atoms. The molecule has 3 atom stereocenters. The Hall–Kier alpha value is -7.49. The summed E-state index contributed by atoms with van der Waals surface area (Å²) in [6.45, 7) is 13.2. The number of carbonyl (C=O) groups is 6. The summed E-state index contributed by atoms with van der Waals surface area (Å²) in [4.78, 5) is 86.7. The topological polar surface area (TPSA) is 239 Å². The zero-order chi connectivity index (χ0) is 59.5. The van der Waals surface area contributed by atoms with Crippen LogP contribution in [0.5, 0.6) is 17.2 Å². The number of unbranched alkanes of at least 4 members (excludes halogenated alkanes) is 3. The second kappa shape index (κ2) is 30.7. The summed E-state index contributed by atoms with van der Waals surface area (Å²) < 4.78 is 34.1. The van der Waals surface area contributed by atoms with Crippen LogP contribution in [0.2, 0.25) is 0 Å². The highest BCUT2D eigenvalue weighted by atomic mass is 35.5. The Morgan fingerprint density at radius 3 is 2.33 bits per heavy atom. The van der Waals surface area contributed by atoms with E-state index in [9.17, 15) is 33.9 Å². The number of amides is 6. The first kappa shape index (κ1) is 63.1. The van der Waals surface area contributed by atoms with Gasteiger partial charge in [0, 0.05) is 99.8 Å². The molecule has 3 aliphatic heterocycles. The normalized spacial score (nSPS) is 16.3. The highest BCUT2D eigenvalue weighted by Crippen LogP contribution is 2.46. The zero-order valence-corrected chi connectivity index (χ0v) is 49.2. The van der Waals surface area contributed by atoms with Gasteiger partial charge in [0.1, 0.15) is 24.6 Å². The number of halogens is 1. The second-order valence-corrected chi connectivity index (χ2v) is 22.3. The molecule has 0 radical (unpaired) electrons. The Labute approximate surface area is 491 Å². The standard InChI is InChI=1S/C61H81ClN8O13/c1-7-31-80-58(75)65-44(16-12-13-25-63-57(74)83-61(2,3)4)37-64-43-23-21-41(22-24-43)40-81-59(76)66-49-34-53(52(78-6)33-48(49)56(73)69-26-15-17-45(69)39-71)79-32-14-8-9-20-54(72)70-38-42(36-62)55-47-19-11-10-18-46(47)51(35-50(55)70)82-60(77)68-29-27-67(5)28-30-68/h7,10-11,18-19,21-24,33-35,42,44-45,64,71H,1,8-9,12-17,20,25-32,36-40H2,2-6H3,(H,63,74)(H,65,75)(H,66,76)/t42-,44+,45+/m1/s1. The van der Waals surface area contributed by atoms with Crippen molar-refractivity contribution in [3.63, 3.8) is 0 Å². The maximum atomic E-state index is 14.1. The average Bonchev–Trinajstić information content (AvgIpc) is 2.73. The molecule has 0 unspecified atom stereocenters. The lowest BCUT2D eigenvalue weighted by Gasteiger charge is -2.31. The average molecular weight is 1170 g/mol. The Balaban J connectivity index is 0.934. The van der Waals surface area contributed by atoms with E-state index in [1.807, 2.05) is 43.4 Å². The van der Waals surface area contributed by atoms with Crippen LogP contribution >= 0.6 is 11.6 Å². The number of aliphatic hydroxyl groups is 1. The first-order valence-corrected chi connectivity index (χ1v) is 29.1. The van der Waals surface area contributed by atoms with Gasteiger partial charge in [-0.05, 0) is 114 Å². The van der Waals surface area contributed by atoms with Gasteiger partial charge in [-0.3, -0.25) is 14.9 Å². The second-order valence-electron chi connectivity index (χ2n) is 22.0. The largest absolute Gasteiger partial charge is 0.493 e. The fraction of sp³-hybridized carbons (Fsp3) is 0.508. The Morgan fingerprint density at radius 1 is 0.855 bits per heavy atom. The molecule has 3 heterocycles. The van der Waals surface area contributed by atoms with Gasteiger partial charge in [0.25, 0.3) is 5.91 Å². The highest BCUT2D eigenvalue weighted by Gasteiger charge is 2.36. The van der Waals surface area contributed by atoms with Crippen LogP contribution in [0.15, 0.2) is 79.4 Å². The molecule has 83 heavy (non-hydrogen) atoms. The molecule has 0 saturated carbocycles. The molecule has 5 N–H and O–H groups in total. The van der Waals surface area contributed by atoms with Crippen LogP contribution in [-0.4, -0.2) is 166 Å². The fourth-order valence-corrected chi connectivity index (χ4v) is 10.5. The van der Waals surface area contributed by atoms with Crippen molar-refractivity contribution in [3.05, 3.63) is 96.1 Å². The molecular weight excluding hydrogens is 1090 g/mol. The van der Waals surface area contributed by atoms with Crippen molar-refractivity contribution in [3.8, 4) is 17.2 Å². The molecule has 22 heteroatoms. The van der Waals surface area contributed by atoms with Gasteiger partial charge in [-0.2, -0.15) is 0 Å². The highest BCUT2D eigenvalue weighted by molar-refractivity contribution is 6.19. The molecule has 21 nitrogen and oxygen atoms in total. The lowest BCUT2D eigenvalue weighted by molar-refractivity contribution is -0.118. The van der Waals surface area contributed by atoms with E-state index in [1.165, 1.54) is 25.3 Å². The molecule has 3 aliphatic rings. The van der Waals surface area contributed by atoms with Crippen LogP contribution in [0.4, 0.5) is 36.2 Å². The summed E-state index contributed by atoms with van der Waals surface area (Å²) in [5, 5.41) is 23.5. The molecule has 0 aromatic heterocycles. The number of ether oxygens (including phenoxy) is 6. The molecule has 2 fully saturated rings. The van der Waals surface area contributed by atoms with E-state index < -0.39 is 35.9 Å².